The van der Waals surface area contributed by atoms with Crippen LogP contribution in [0.2, 0.25) is 0 Å². The molecule has 19 heavy (non-hydrogen) atoms. The van der Waals surface area contributed by atoms with Gasteiger partial charge < -0.3 is 9.84 Å². The van der Waals surface area contributed by atoms with Gasteiger partial charge in [0, 0.05) is 6.08 Å². The van der Waals surface area contributed by atoms with Crippen LogP contribution in [0.5, 0.6) is 5.75 Å². The van der Waals surface area contributed by atoms with Gasteiger partial charge in [-0.2, -0.15) is 5.26 Å². The van der Waals surface area contributed by atoms with Crippen molar-refractivity contribution >= 4 is 43.9 Å². The predicted molar refractivity (Wildman–Crippen MR) is 78.8 cm³/mol. The molecule has 1 rings (SSSR count). The molecule has 0 fully saturated rings. The highest BCUT2D eigenvalue weighted by atomic mass is 79.9. The van der Waals surface area contributed by atoms with Gasteiger partial charge in [-0.1, -0.05) is 6.92 Å². The number of carboxylic acids is 1. The summed E-state index contributed by atoms with van der Waals surface area (Å²) in [6, 6.07) is 5.51. The highest BCUT2D eigenvalue weighted by Crippen LogP contribution is 2.36. The van der Waals surface area contributed by atoms with E-state index in [1.807, 2.05) is 6.92 Å². The third-order valence-electron chi connectivity index (χ3n) is 2.21. The maximum atomic E-state index is 10.5. The van der Waals surface area contributed by atoms with Crippen LogP contribution in [0.3, 0.4) is 0 Å². The molecule has 0 aliphatic carbocycles. The van der Waals surface area contributed by atoms with Crippen LogP contribution >= 0.6 is 31.9 Å². The van der Waals surface area contributed by atoms with Gasteiger partial charge in [0.1, 0.15) is 11.8 Å². The number of nitrogens with zero attached hydrogens (tertiary/aromatic N) is 1. The lowest BCUT2D eigenvalue weighted by Gasteiger charge is -2.14. The van der Waals surface area contributed by atoms with Crippen molar-refractivity contribution in [3.8, 4) is 11.8 Å². The Kier molecular flexibility index (Phi) is 6.06. The molecule has 0 aliphatic heterocycles. The van der Waals surface area contributed by atoms with Crippen LogP contribution in [-0.4, -0.2) is 17.2 Å². The van der Waals surface area contributed by atoms with Gasteiger partial charge in [-0.05, 0) is 62.1 Å². The fourth-order valence-electron chi connectivity index (χ4n) is 1.30. The van der Waals surface area contributed by atoms with Gasteiger partial charge in [-0.3, -0.25) is 0 Å². The summed E-state index contributed by atoms with van der Waals surface area (Å²) in [4.78, 5) is 10.5. The highest BCUT2D eigenvalue weighted by molar-refractivity contribution is 9.11. The Bertz CT molecular complexity index is 526. The van der Waals surface area contributed by atoms with Crippen molar-refractivity contribution < 1.29 is 14.6 Å². The van der Waals surface area contributed by atoms with Gasteiger partial charge in [0.15, 0.2) is 6.10 Å². The number of aliphatic carboxylic acids is 1. The lowest BCUT2D eigenvalue weighted by atomic mass is 10.2. The van der Waals surface area contributed by atoms with Crippen molar-refractivity contribution in [3.05, 3.63) is 32.7 Å². The van der Waals surface area contributed by atoms with E-state index in [1.54, 1.807) is 12.1 Å². The van der Waals surface area contributed by atoms with Crippen molar-refractivity contribution in [1.29, 1.82) is 5.26 Å². The van der Waals surface area contributed by atoms with Gasteiger partial charge in [-0.25, -0.2) is 4.79 Å². The third-order valence-corrected chi connectivity index (χ3v) is 3.39. The molecular formula is C13H11Br2NO3. The Hall–Kier alpha value is -1.32. The zero-order valence-electron chi connectivity index (χ0n) is 10.1. The molecule has 0 aliphatic rings. The molecule has 1 unspecified atom stereocenters. The van der Waals surface area contributed by atoms with Crippen molar-refractivity contribution in [3.63, 3.8) is 0 Å². The van der Waals surface area contributed by atoms with E-state index in [4.69, 9.17) is 15.1 Å². The van der Waals surface area contributed by atoms with Crippen LogP contribution in [0.1, 0.15) is 18.9 Å². The van der Waals surface area contributed by atoms with Gasteiger partial charge in [-0.15, -0.1) is 0 Å². The minimum atomic E-state index is -1.01. The topological polar surface area (TPSA) is 70.3 Å². The lowest BCUT2D eigenvalue weighted by Crippen LogP contribution is -2.12. The van der Waals surface area contributed by atoms with Gasteiger partial charge in [0.25, 0.3) is 0 Å². The molecule has 1 atom stereocenters. The molecule has 1 aromatic carbocycles. The van der Waals surface area contributed by atoms with E-state index in [9.17, 15) is 4.79 Å². The Morgan fingerprint density at radius 2 is 2.11 bits per heavy atom. The SMILES string of the molecule is CCC(C#N)Oc1c(Br)cc(/C=C/C(=O)O)cc1Br. The second-order valence-electron chi connectivity index (χ2n) is 3.63. The monoisotopic (exact) mass is 387 g/mol. The summed E-state index contributed by atoms with van der Waals surface area (Å²) in [5, 5.41) is 17.5. The van der Waals surface area contributed by atoms with E-state index in [0.717, 1.165) is 6.08 Å². The summed E-state index contributed by atoms with van der Waals surface area (Å²) >= 11 is 6.69. The third kappa shape index (κ3) is 4.69. The molecule has 1 aromatic rings. The van der Waals surface area contributed by atoms with Crippen LogP contribution in [0.25, 0.3) is 6.08 Å². The van der Waals surface area contributed by atoms with Crippen molar-refractivity contribution in [2.75, 3.05) is 0 Å². The summed E-state index contributed by atoms with van der Waals surface area (Å²) in [6.45, 7) is 1.86. The minimum Gasteiger partial charge on any atom is -0.478 e. The first-order chi connectivity index (χ1) is 8.97. The number of carboxylic acid groups (broad SMARTS) is 1. The van der Waals surface area contributed by atoms with E-state index in [2.05, 4.69) is 37.9 Å². The van der Waals surface area contributed by atoms with Crippen LogP contribution < -0.4 is 4.74 Å². The first-order valence-electron chi connectivity index (χ1n) is 5.44. The Labute approximate surface area is 127 Å². The maximum Gasteiger partial charge on any atom is 0.328 e. The van der Waals surface area contributed by atoms with E-state index in [0.29, 0.717) is 26.7 Å². The smallest absolute Gasteiger partial charge is 0.328 e. The maximum absolute atomic E-state index is 10.5. The zero-order chi connectivity index (χ0) is 14.4. The summed E-state index contributed by atoms with van der Waals surface area (Å²) in [5.41, 5.74) is 0.707. The fourth-order valence-corrected chi connectivity index (χ4v) is 2.71. The van der Waals surface area contributed by atoms with Crippen LogP contribution in [0.15, 0.2) is 27.2 Å². The number of rotatable bonds is 5. The van der Waals surface area contributed by atoms with E-state index >= 15 is 0 Å². The largest absolute Gasteiger partial charge is 0.478 e. The molecule has 0 saturated carbocycles. The van der Waals surface area contributed by atoms with Crippen LogP contribution in [0.4, 0.5) is 0 Å². The van der Waals surface area contributed by atoms with Crippen molar-refractivity contribution in [1.82, 2.24) is 0 Å². The average Bonchev–Trinajstić information content (AvgIpc) is 2.36. The van der Waals surface area contributed by atoms with Crippen molar-refractivity contribution in [2.24, 2.45) is 0 Å². The fraction of sp³-hybridized carbons (Fsp3) is 0.231. The summed E-state index contributed by atoms with van der Waals surface area (Å²) in [7, 11) is 0. The van der Waals surface area contributed by atoms with Gasteiger partial charge >= 0.3 is 5.97 Å². The molecule has 0 radical (unpaired) electrons. The molecule has 0 aromatic heterocycles. The quantitative estimate of drug-likeness (QED) is 0.774. The minimum absolute atomic E-state index is 0.520. The molecule has 6 heteroatoms. The number of hydrogen-bond donors (Lipinski definition) is 1. The number of halogens is 2. The van der Waals surface area contributed by atoms with Gasteiger partial charge in [0.05, 0.1) is 8.95 Å². The second-order valence-corrected chi connectivity index (χ2v) is 5.34. The predicted octanol–water partition coefficient (Wildman–Crippen LogP) is 3.99. The Morgan fingerprint density at radius 3 is 2.53 bits per heavy atom. The number of nitriles is 1. The first-order valence-corrected chi connectivity index (χ1v) is 7.02. The molecule has 0 bridgehead atoms. The summed E-state index contributed by atoms with van der Waals surface area (Å²) < 4.78 is 6.87. The molecule has 0 saturated heterocycles. The van der Waals surface area contributed by atoms with Crippen molar-refractivity contribution in [2.45, 2.75) is 19.4 Å². The molecule has 0 heterocycles. The zero-order valence-corrected chi connectivity index (χ0v) is 13.2. The highest BCUT2D eigenvalue weighted by Gasteiger charge is 2.13. The lowest BCUT2D eigenvalue weighted by molar-refractivity contribution is -0.131. The van der Waals surface area contributed by atoms with Crippen LogP contribution in [-0.2, 0) is 4.79 Å². The van der Waals surface area contributed by atoms with E-state index < -0.39 is 12.1 Å². The standard InChI is InChI=1S/C13H11Br2NO3/c1-2-9(7-16)19-13-10(14)5-8(6-11(13)15)3-4-12(17)18/h3-6,9H,2H2,1H3,(H,17,18)/b4-3+. The number of benzene rings is 1. The molecule has 1 N–H and O–H groups in total. The molecule has 0 spiro atoms. The normalized spacial score (nSPS) is 12.1. The Morgan fingerprint density at radius 1 is 1.53 bits per heavy atom. The molecule has 4 nitrogen and oxygen atoms in total. The second kappa shape index (κ2) is 7.31. The van der Waals surface area contributed by atoms with E-state index in [1.165, 1.54) is 6.08 Å². The number of hydrogen-bond acceptors (Lipinski definition) is 3. The molecule has 0 amide bonds. The average molecular weight is 389 g/mol. The molecule has 100 valence electrons. The summed E-state index contributed by atoms with van der Waals surface area (Å²) in [6.07, 6.45) is 2.59. The first kappa shape index (κ1) is 15.7. The Balaban J connectivity index is 3.04. The molecular weight excluding hydrogens is 378 g/mol. The van der Waals surface area contributed by atoms with Gasteiger partial charge in [0.2, 0.25) is 0 Å². The van der Waals surface area contributed by atoms with Crippen LogP contribution in [0, 0.1) is 11.3 Å². The van der Waals surface area contributed by atoms with E-state index in [-0.39, 0.29) is 0 Å². The summed E-state index contributed by atoms with van der Waals surface area (Å²) in [5.74, 6) is -0.482. The number of ether oxygens (including phenoxy) is 1. The number of carbonyl (C=O) groups is 1.